The molecule has 0 spiro atoms. The van der Waals surface area contributed by atoms with E-state index in [1.165, 1.54) is 11.1 Å². The Balaban J connectivity index is 0.00000242. The Morgan fingerprint density at radius 3 is 2.68 bits per heavy atom. The highest BCUT2D eigenvalue weighted by molar-refractivity contribution is 14.0. The summed E-state index contributed by atoms with van der Waals surface area (Å²) in [5.41, 5.74) is 2.53. The van der Waals surface area contributed by atoms with E-state index < -0.39 is 0 Å². The molecule has 22 heavy (non-hydrogen) atoms. The molecule has 2 heterocycles. The molecule has 1 unspecified atom stereocenters. The Bertz CT molecular complexity index is 593. The van der Waals surface area contributed by atoms with Gasteiger partial charge < -0.3 is 15.1 Å². The highest BCUT2D eigenvalue weighted by Crippen LogP contribution is 2.17. The number of halogens is 1. The zero-order valence-corrected chi connectivity index (χ0v) is 16.6. The normalized spacial score (nSPS) is 12.6. The molecule has 4 nitrogen and oxygen atoms in total. The van der Waals surface area contributed by atoms with Crippen molar-refractivity contribution < 1.29 is 4.42 Å². The SMILES string of the molecule is CN=C(NCc1cc(C)oc1C)NCC(C)c1ccsc1.I. The molecule has 0 amide bonds. The van der Waals surface area contributed by atoms with Crippen molar-refractivity contribution >= 4 is 41.3 Å². The molecule has 0 aliphatic rings. The first-order chi connectivity index (χ1) is 10.1. The maximum atomic E-state index is 5.53. The van der Waals surface area contributed by atoms with Crippen LogP contribution < -0.4 is 10.6 Å². The van der Waals surface area contributed by atoms with Gasteiger partial charge in [0.05, 0.1) is 0 Å². The molecule has 0 saturated heterocycles. The molecule has 1 atom stereocenters. The molecular formula is C16H24IN3OS. The van der Waals surface area contributed by atoms with Crippen molar-refractivity contribution in [2.24, 2.45) is 4.99 Å². The Kier molecular flexibility index (Phi) is 7.95. The number of furan rings is 1. The fourth-order valence-corrected chi connectivity index (χ4v) is 2.96. The lowest BCUT2D eigenvalue weighted by molar-refractivity contribution is 0.500. The summed E-state index contributed by atoms with van der Waals surface area (Å²) < 4.78 is 5.53. The van der Waals surface area contributed by atoms with E-state index >= 15 is 0 Å². The second-order valence-corrected chi connectivity index (χ2v) is 5.98. The van der Waals surface area contributed by atoms with Gasteiger partial charge in [-0.05, 0) is 48.2 Å². The number of thiophene rings is 1. The number of nitrogens with one attached hydrogen (secondary N) is 2. The number of aliphatic imine (C=N–C) groups is 1. The van der Waals surface area contributed by atoms with Crippen LogP contribution in [0.4, 0.5) is 0 Å². The van der Waals surface area contributed by atoms with Gasteiger partial charge in [-0.25, -0.2) is 0 Å². The quantitative estimate of drug-likeness (QED) is 0.425. The Hall–Kier alpha value is -1.02. The molecule has 2 aromatic rings. The zero-order chi connectivity index (χ0) is 15.2. The van der Waals surface area contributed by atoms with E-state index in [4.69, 9.17) is 4.42 Å². The van der Waals surface area contributed by atoms with Gasteiger partial charge in [0.2, 0.25) is 0 Å². The summed E-state index contributed by atoms with van der Waals surface area (Å²) in [6.07, 6.45) is 0. The van der Waals surface area contributed by atoms with Gasteiger partial charge in [0.1, 0.15) is 11.5 Å². The first kappa shape index (κ1) is 19.0. The van der Waals surface area contributed by atoms with E-state index in [-0.39, 0.29) is 24.0 Å². The van der Waals surface area contributed by atoms with Crippen LogP contribution in [-0.4, -0.2) is 19.6 Å². The van der Waals surface area contributed by atoms with Crippen LogP contribution in [0.3, 0.4) is 0 Å². The van der Waals surface area contributed by atoms with Crippen LogP contribution in [0.1, 0.15) is 35.5 Å². The minimum atomic E-state index is 0. The topological polar surface area (TPSA) is 49.6 Å². The summed E-state index contributed by atoms with van der Waals surface area (Å²) in [6.45, 7) is 7.74. The number of nitrogens with zero attached hydrogens (tertiary/aromatic N) is 1. The van der Waals surface area contributed by atoms with Gasteiger partial charge in [0, 0.05) is 25.7 Å². The van der Waals surface area contributed by atoms with Crippen molar-refractivity contribution in [2.75, 3.05) is 13.6 Å². The van der Waals surface area contributed by atoms with Crippen molar-refractivity contribution in [1.29, 1.82) is 0 Å². The lowest BCUT2D eigenvalue weighted by Crippen LogP contribution is -2.38. The minimum Gasteiger partial charge on any atom is -0.466 e. The van der Waals surface area contributed by atoms with E-state index in [2.05, 4.69) is 45.4 Å². The van der Waals surface area contributed by atoms with Crippen molar-refractivity contribution in [3.63, 3.8) is 0 Å². The van der Waals surface area contributed by atoms with Crippen LogP contribution in [-0.2, 0) is 6.54 Å². The first-order valence-corrected chi connectivity index (χ1v) is 8.07. The average molecular weight is 433 g/mol. The van der Waals surface area contributed by atoms with Gasteiger partial charge in [-0.2, -0.15) is 11.3 Å². The molecule has 0 aromatic carbocycles. The first-order valence-electron chi connectivity index (χ1n) is 7.12. The van der Waals surface area contributed by atoms with Gasteiger partial charge in [-0.3, -0.25) is 4.99 Å². The summed E-state index contributed by atoms with van der Waals surface area (Å²) >= 11 is 1.74. The van der Waals surface area contributed by atoms with Gasteiger partial charge in [0.15, 0.2) is 5.96 Å². The van der Waals surface area contributed by atoms with Crippen LogP contribution in [0.5, 0.6) is 0 Å². The monoisotopic (exact) mass is 433 g/mol. The maximum absolute atomic E-state index is 5.53. The number of rotatable bonds is 5. The van der Waals surface area contributed by atoms with Gasteiger partial charge >= 0.3 is 0 Å². The van der Waals surface area contributed by atoms with E-state index in [0.717, 1.165) is 30.6 Å². The zero-order valence-electron chi connectivity index (χ0n) is 13.5. The highest BCUT2D eigenvalue weighted by Gasteiger charge is 2.08. The van der Waals surface area contributed by atoms with Crippen LogP contribution in [0.2, 0.25) is 0 Å². The summed E-state index contributed by atoms with van der Waals surface area (Å²) in [6, 6.07) is 4.23. The third-order valence-corrected chi connectivity index (χ3v) is 4.20. The fraction of sp³-hybridized carbons (Fsp3) is 0.438. The minimum absolute atomic E-state index is 0. The third-order valence-electron chi connectivity index (χ3n) is 3.50. The Labute approximate surface area is 153 Å². The second-order valence-electron chi connectivity index (χ2n) is 5.20. The molecule has 0 aliphatic heterocycles. The molecule has 0 radical (unpaired) electrons. The largest absolute Gasteiger partial charge is 0.466 e. The van der Waals surface area contributed by atoms with E-state index in [1.807, 2.05) is 13.8 Å². The summed E-state index contributed by atoms with van der Waals surface area (Å²) in [5, 5.41) is 11.0. The van der Waals surface area contributed by atoms with Crippen molar-refractivity contribution in [2.45, 2.75) is 33.2 Å². The standard InChI is InChI=1S/C16H23N3OS.HI/c1-11(14-5-6-21-10-14)8-18-16(17-4)19-9-15-7-12(2)20-13(15)3;/h5-7,10-11H,8-9H2,1-4H3,(H2,17,18,19);1H. The lowest BCUT2D eigenvalue weighted by atomic mass is 10.1. The predicted molar refractivity (Wildman–Crippen MR) is 105 cm³/mol. The smallest absolute Gasteiger partial charge is 0.191 e. The average Bonchev–Trinajstić information content (AvgIpc) is 3.09. The van der Waals surface area contributed by atoms with Crippen molar-refractivity contribution in [3.05, 3.63) is 45.5 Å². The van der Waals surface area contributed by atoms with Crippen LogP contribution in [0.25, 0.3) is 0 Å². The van der Waals surface area contributed by atoms with Crippen molar-refractivity contribution in [1.82, 2.24) is 10.6 Å². The van der Waals surface area contributed by atoms with E-state index in [0.29, 0.717) is 5.92 Å². The Morgan fingerprint density at radius 1 is 1.36 bits per heavy atom. The molecular weight excluding hydrogens is 409 g/mol. The second kappa shape index (κ2) is 9.19. The van der Waals surface area contributed by atoms with Crippen LogP contribution in [0.15, 0.2) is 32.3 Å². The number of guanidine groups is 1. The highest BCUT2D eigenvalue weighted by atomic mass is 127. The number of aryl methyl sites for hydroxylation is 2. The van der Waals surface area contributed by atoms with E-state index in [9.17, 15) is 0 Å². The fourth-order valence-electron chi connectivity index (χ4n) is 2.18. The molecule has 2 N–H and O–H groups in total. The number of hydrogen-bond donors (Lipinski definition) is 2. The molecule has 0 bridgehead atoms. The molecule has 0 aliphatic carbocycles. The van der Waals surface area contributed by atoms with Gasteiger partial charge in [0.25, 0.3) is 0 Å². The van der Waals surface area contributed by atoms with Crippen LogP contribution in [0, 0.1) is 13.8 Å². The third kappa shape index (κ3) is 5.31. The molecule has 0 fully saturated rings. The predicted octanol–water partition coefficient (Wildman–Crippen LogP) is 4.04. The van der Waals surface area contributed by atoms with Crippen LogP contribution >= 0.6 is 35.3 Å². The van der Waals surface area contributed by atoms with Gasteiger partial charge in [-0.1, -0.05) is 6.92 Å². The molecule has 2 rings (SSSR count). The molecule has 122 valence electrons. The van der Waals surface area contributed by atoms with Gasteiger partial charge in [-0.15, -0.1) is 24.0 Å². The Morgan fingerprint density at radius 2 is 2.14 bits per heavy atom. The summed E-state index contributed by atoms with van der Waals surface area (Å²) in [4.78, 5) is 4.26. The molecule has 6 heteroatoms. The van der Waals surface area contributed by atoms with E-state index in [1.54, 1.807) is 18.4 Å². The summed E-state index contributed by atoms with van der Waals surface area (Å²) in [5.74, 6) is 3.18. The maximum Gasteiger partial charge on any atom is 0.191 e. The van der Waals surface area contributed by atoms with Crippen molar-refractivity contribution in [3.8, 4) is 0 Å². The molecule has 2 aromatic heterocycles. The summed E-state index contributed by atoms with van der Waals surface area (Å²) in [7, 11) is 1.79. The lowest BCUT2D eigenvalue weighted by Gasteiger charge is -2.15. The number of hydrogen-bond acceptors (Lipinski definition) is 3. The molecule has 0 saturated carbocycles.